The molecule has 1 aliphatic rings. The lowest BCUT2D eigenvalue weighted by atomic mass is 10.6. The predicted octanol–water partition coefficient (Wildman–Crippen LogP) is -0.127. The molecule has 0 unspecified atom stereocenters. The molecule has 1 aliphatic heterocycles. The molecule has 0 amide bonds. The summed E-state index contributed by atoms with van der Waals surface area (Å²) in [4.78, 5) is 0. The Bertz CT molecular complexity index is 83.7. The number of hydrogen-bond donors (Lipinski definition) is 1. The van der Waals surface area contributed by atoms with Crippen LogP contribution in [0.25, 0.3) is 0 Å². The molecule has 0 aliphatic carbocycles. The van der Waals surface area contributed by atoms with E-state index >= 15 is 0 Å². The van der Waals surface area contributed by atoms with Crippen molar-refractivity contribution >= 4 is 8.96 Å². The van der Waals surface area contributed by atoms with E-state index in [9.17, 15) is 0 Å². The highest BCUT2D eigenvalue weighted by molar-refractivity contribution is 6.67. The second kappa shape index (κ2) is 1.41. The lowest BCUT2D eigenvalue weighted by Crippen LogP contribution is -2.17. The minimum absolute atomic E-state index is 0.910. The summed E-state index contributed by atoms with van der Waals surface area (Å²) in [5, 5.41) is 5.50. The summed E-state index contributed by atoms with van der Waals surface area (Å²) in [5.74, 6) is 0. The fourth-order valence-electron chi connectivity index (χ4n) is 0.449. The zero-order valence-electron chi connectivity index (χ0n) is 3.46. The molecule has 0 aromatic rings. The van der Waals surface area contributed by atoms with Gasteiger partial charge in [0.15, 0.2) is 8.96 Å². The van der Waals surface area contributed by atoms with Crippen molar-refractivity contribution in [2.24, 2.45) is 5.40 Å². The maximum Gasteiger partial charge on any atom is 0.156 e. The van der Waals surface area contributed by atoms with Crippen LogP contribution in [0, 0.1) is 0 Å². The second-order valence-electron chi connectivity index (χ2n) is 1.35. The lowest BCUT2D eigenvalue weighted by molar-refractivity contribution is 1.87. The van der Waals surface area contributed by atoms with Gasteiger partial charge in [-0.2, -0.15) is 0 Å². The molecule has 0 radical (unpaired) electrons. The molecule has 2 N–H and O–H groups in total. The van der Waals surface area contributed by atoms with E-state index < -0.39 is 8.96 Å². The van der Waals surface area contributed by atoms with Crippen molar-refractivity contribution in [3.63, 3.8) is 0 Å². The fraction of sp³-hybridized carbons (Fsp3) is 0. The fourth-order valence-corrected chi connectivity index (χ4v) is 1.35. The van der Waals surface area contributed by atoms with E-state index in [4.69, 9.17) is 5.40 Å². The molecule has 0 aromatic heterocycles. The molecule has 0 bridgehead atoms. The van der Waals surface area contributed by atoms with E-state index in [0.717, 1.165) is 0 Å². The third-order valence-corrected chi connectivity index (χ3v) is 2.11. The van der Waals surface area contributed by atoms with Gasteiger partial charge in [-0.3, -0.25) is 0 Å². The van der Waals surface area contributed by atoms with Gasteiger partial charge in [-0.1, -0.05) is 23.6 Å². The highest BCUT2D eigenvalue weighted by Gasteiger charge is 1.93. The summed E-state index contributed by atoms with van der Waals surface area (Å²) in [5.41, 5.74) is 4.17. The standard InChI is InChI=1S/C4H7NSi/c5-6-3-1-2-4-6/h1-4,6H,5H2. The summed E-state index contributed by atoms with van der Waals surface area (Å²) in [7, 11) is -0.910. The van der Waals surface area contributed by atoms with Crippen LogP contribution in [0.3, 0.4) is 0 Å². The third kappa shape index (κ3) is 0.583. The summed E-state index contributed by atoms with van der Waals surface area (Å²) < 4.78 is 0. The maximum atomic E-state index is 5.50. The van der Waals surface area contributed by atoms with E-state index in [0.29, 0.717) is 0 Å². The van der Waals surface area contributed by atoms with E-state index in [1.54, 1.807) is 0 Å². The van der Waals surface area contributed by atoms with Crippen LogP contribution in [0.1, 0.15) is 0 Å². The number of nitrogens with two attached hydrogens (primary N) is 1. The molecule has 1 nitrogen and oxygen atoms in total. The van der Waals surface area contributed by atoms with Gasteiger partial charge in [0.05, 0.1) is 0 Å². The van der Waals surface area contributed by atoms with Gasteiger partial charge < -0.3 is 5.40 Å². The first-order valence-corrected chi connectivity index (χ1v) is 4.00. The van der Waals surface area contributed by atoms with E-state index in [1.807, 2.05) is 12.2 Å². The average Bonchev–Trinajstić information content (AvgIpc) is 1.86. The van der Waals surface area contributed by atoms with Crippen LogP contribution in [0.5, 0.6) is 0 Å². The maximum absolute atomic E-state index is 5.50. The van der Waals surface area contributed by atoms with E-state index in [2.05, 4.69) is 11.4 Å². The van der Waals surface area contributed by atoms with Crippen molar-refractivity contribution in [1.29, 1.82) is 0 Å². The largest absolute Gasteiger partial charge is 0.347 e. The smallest absolute Gasteiger partial charge is 0.156 e. The Kier molecular flexibility index (Phi) is 0.898. The first-order valence-electron chi connectivity index (χ1n) is 2.00. The first kappa shape index (κ1) is 3.83. The molecule has 0 saturated carbocycles. The minimum atomic E-state index is -0.910. The summed E-state index contributed by atoms with van der Waals surface area (Å²) in [6, 6.07) is 0. The van der Waals surface area contributed by atoms with E-state index in [1.165, 1.54) is 0 Å². The lowest BCUT2D eigenvalue weighted by Gasteiger charge is -1.81. The zero-order valence-corrected chi connectivity index (χ0v) is 4.62. The number of rotatable bonds is 0. The highest BCUT2D eigenvalue weighted by Crippen LogP contribution is 1.89. The van der Waals surface area contributed by atoms with Crippen LogP contribution in [0.4, 0.5) is 0 Å². The first-order chi connectivity index (χ1) is 2.89. The van der Waals surface area contributed by atoms with Gasteiger partial charge in [0.1, 0.15) is 0 Å². The minimum Gasteiger partial charge on any atom is -0.347 e. The van der Waals surface area contributed by atoms with E-state index in [-0.39, 0.29) is 0 Å². The Balaban J connectivity index is 2.60. The van der Waals surface area contributed by atoms with Gasteiger partial charge in [-0.25, -0.2) is 0 Å². The van der Waals surface area contributed by atoms with Crippen LogP contribution in [-0.4, -0.2) is 8.96 Å². The average molecular weight is 97.2 g/mol. The molecule has 0 saturated heterocycles. The van der Waals surface area contributed by atoms with Crippen LogP contribution < -0.4 is 5.40 Å². The molecule has 2 heteroatoms. The Morgan fingerprint density at radius 3 is 1.83 bits per heavy atom. The van der Waals surface area contributed by atoms with Gasteiger partial charge in [0.2, 0.25) is 0 Å². The molecule has 1 heterocycles. The number of hydrogen-bond acceptors (Lipinski definition) is 1. The summed E-state index contributed by atoms with van der Waals surface area (Å²) in [6.07, 6.45) is 4.02. The summed E-state index contributed by atoms with van der Waals surface area (Å²) in [6.45, 7) is 0. The highest BCUT2D eigenvalue weighted by atomic mass is 28.3. The Labute approximate surface area is 38.8 Å². The van der Waals surface area contributed by atoms with Crippen molar-refractivity contribution in [1.82, 2.24) is 0 Å². The van der Waals surface area contributed by atoms with Crippen molar-refractivity contribution in [3.05, 3.63) is 23.6 Å². The summed E-state index contributed by atoms with van der Waals surface area (Å²) >= 11 is 0. The third-order valence-electron chi connectivity index (χ3n) is 0.778. The van der Waals surface area contributed by atoms with Crippen molar-refractivity contribution in [2.75, 3.05) is 0 Å². The molecule has 6 heavy (non-hydrogen) atoms. The quantitative estimate of drug-likeness (QED) is 0.419. The SMILES string of the molecule is N[SiH]1C=CC=C1. The van der Waals surface area contributed by atoms with Gasteiger partial charge in [0.25, 0.3) is 0 Å². The van der Waals surface area contributed by atoms with Crippen LogP contribution in [-0.2, 0) is 0 Å². The molecule has 0 fully saturated rings. The van der Waals surface area contributed by atoms with Crippen LogP contribution >= 0.6 is 0 Å². The molecule has 1 rings (SSSR count). The topological polar surface area (TPSA) is 26.0 Å². The van der Waals surface area contributed by atoms with Crippen LogP contribution in [0.15, 0.2) is 23.6 Å². The van der Waals surface area contributed by atoms with Gasteiger partial charge in [0, 0.05) is 0 Å². The Morgan fingerprint density at radius 2 is 1.67 bits per heavy atom. The van der Waals surface area contributed by atoms with Crippen LogP contribution in [0.2, 0.25) is 0 Å². The predicted molar refractivity (Wildman–Crippen MR) is 29.6 cm³/mol. The molecule has 0 atom stereocenters. The Morgan fingerprint density at radius 1 is 1.17 bits per heavy atom. The van der Waals surface area contributed by atoms with Crippen molar-refractivity contribution < 1.29 is 0 Å². The molecule has 0 spiro atoms. The zero-order chi connectivity index (χ0) is 4.41. The Hall–Kier alpha value is -0.343. The van der Waals surface area contributed by atoms with Gasteiger partial charge >= 0.3 is 0 Å². The van der Waals surface area contributed by atoms with Crippen molar-refractivity contribution in [3.8, 4) is 0 Å². The molecule has 0 aromatic carbocycles. The monoisotopic (exact) mass is 97.0 g/mol. The number of allylic oxidation sites excluding steroid dienone is 2. The molecular weight excluding hydrogens is 90.1 g/mol. The van der Waals surface area contributed by atoms with Gasteiger partial charge in [-0.15, -0.1) is 0 Å². The molecule has 32 valence electrons. The normalized spacial score (nSPS) is 20.2. The molecular formula is C4H7NSi. The second-order valence-corrected chi connectivity index (χ2v) is 3.27. The van der Waals surface area contributed by atoms with Gasteiger partial charge in [-0.05, 0) is 0 Å². The van der Waals surface area contributed by atoms with Crippen molar-refractivity contribution in [2.45, 2.75) is 0 Å².